The number of hydrogen-bond donors (Lipinski definition) is 2. The number of anilines is 1. The first-order chi connectivity index (χ1) is 13.0. The van der Waals surface area contributed by atoms with Crippen LogP contribution in [0, 0.1) is 13.8 Å². The molecule has 0 saturated carbocycles. The second-order valence-corrected chi connectivity index (χ2v) is 6.93. The third-order valence-corrected chi connectivity index (χ3v) is 4.74. The number of rotatable bonds is 4. The zero-order valence-corrected chi connectivity index (χ0v) is 15.8. The topological polar surface area (TPSA) is 62.5 Å². The Morgan fingerprint density at radius 1 is 1.07 bits per heavy atom. The number of aromatic nitrogens is 3. The van der Waals surface area contributed by atoms with Crippen molar-refractivity contribution in [3.05, 3.63) is 82.8 Å². The molecule has 4 aromatic rings. The Balaban J connectivity index is 1.87. The summed E-state index contributed by atoms with van der Waals surface area (Å²) in [5.41, 5.74) is 4.92. The molecule has 3 aromatic heterocycles. The molecule has 6 heteroatoms. The van der Waals surface area contributed by atoms with Gasteiger partial charge in [-0.15, -0.1) is 0 Å². The van der Waals surface area contributed by atoms with E-state index in [0.717, 1.165) is 22.3 Å². The van der Waals surface area contributed by atoms with Gasteiger partial charge in [-0.2, -0.15) is 0 Å². The Bertz CT molecular complexity index is 1120. The fourth-order valence-corrected chi connectivity index (χ4v) is 3.33. The molecule has 3 heterocycles. The van der Waals surface area contributed by atoms with E-state index >= 15 is 0 Å². The van der Waals surface area contributed by atoms with Gasteiger partial charge in [-0.25, -0.2) is 9.97 Å². The van der Waals surface area contributed by atoms with Crippen LogP contribution in [0.25, 0.3) is 16.9 Å². The lowest BCUT2D eigenvalue weighted by atomic mass is 10.1. The first-order valence-electron chi connectivity index (χ1n) is 8.64. The average molecular weight is 379 g/mol. The van der Waals surface area contributed by atoms with Gasteiger partial charge in [-0.3, -0.25) is 4.40 Å². The van der Waals surface area contributed by atoms with Gasteiger partial charge in [0.2, 0.25) is 0 Å². The Labute approximate surface area is 162 Å². The molecular formula is C21H19ClN4O. The van der Waals surface area contributed by atoms with Crippen molar-refractivity contribution >= 4 is 23.1 Å². The highest BCUT2D eigenvalue weighted by atomic mass is 35.5. The number of imidazole rings is 1. The van der Waals surface area contributed by atoms with Crippen LogP contribution in [-0.2, 0) is 0 Å². The van der Waals surface area contributed by atoms with Crippen LogP contribution in [0.5, 0.6) is 0 Å². The Morgan fingerprint density at radius 3 is 2.63 bits per heavy atom. The van der Waals surface area contributed by atoms with Gasteiger partial charge in [0.1, 0.15) is 11.5 Å². The maximum absolute atomic E-state index is 11.0. The summed E-state index contributed by atoms with van der Waals surface area (Å²) in [6, 6.07) is 15.2. The molecular weight excluding hydrogens is 360 g/mol. The third kappa shape index (κ3) is 3.39. The predicted molar refractivity (Wildman–Crippen MR) is 108 cm³/mol. The molecule has 5 nitrogen and oxygen atoms in total. The summed E-state index contributed by atoms with van der Waals surface area (Å²) in [5.74, 6) is 0.592. The van der Waals surface area contributed by atoms with Crippen LogP contribution in [0.2, 0.25) is 5.02 Å². The lowest BCUT2D eigenvalue weighted by Gasteiger charge is -2.16. The van der Waals surface area contributed by atoms with E-state index in [0.29, 0.717) is 22.2 Å². The number of hydrogen-bond acceptors (Lipinski definition) is 4. The van der Waals surface area contributed by atoms with Gasteiger partial charge in [0.15, 0.2) is 6.23 Å². The van der Waals surface area contributed by atoms with E-state index in [1.54, 1.807) is 6.20 Å². The largest absolute Gasteiger partial charge is 0.368 e. The summed E-state index contributed by atoms with van der Waals surface area (Å²) in [4.78, 5) is 9.02. The van der Waals surface area contributed by atoms with Crippen molar-refractivity contribution in [1.29, 1.82) is 0 Å². The van der Waals surface area contributed by atoms with Crippen LogP contribution in [0.4, 0.5) is 5.82 Å². The molecule has 0 fully saturated rings. The number of nitrogens with one attached hydrogen (secondary N) is 1. The summed E-state index contributed by atoms with van der Waals surface area (Å²) in [6.07, 6.45) is 2.60. The summed E-state index contributed by atoms with van der Waals surface area (Å²) >= 11 is 6.41. The lowest BCUT2D eigenvalue weighted by Crippen LogP contribution is -2.14. The quantitative estimate of drug-likeness (QED) is 0.502. The highest BCUT2D eigenvalue weighted by molar-refractivity contribution is 6.33. The molecule has 0 bridgehead atoms. The Morgan fingerprint density at radius 2 is 1.85 bits per heavy atom. The van der Waals surface area contributed by atoms with Gasteiger partial charge in [-0.05, 0) is 55.3 Å². The Kier molecular flexibility index (Phi) is 4.56. The number of halogens is 1. The van der Waals surface area contributed by atoms with Gasteiger partial charge >= 0.3 is 0 Å². The second-order valence-electron chi connectivity index (χ2n) is 6.52. The van der Waals surface area contributed by atoms with Crippen molar-refractivity contribution in [3.63, 3.8) is 0 Å². The van der Waals surface area contributed by atoms with Gasteiger partial charge in [0, 0.05) is 18.0 Å². The first kappa shape index (κ1) is 17.5. The van der Waals surface area contributed by atoms with Crippen LogP contribution in [0.15, 0.2) is 60.9 Å². The van der Waals surface area contributed by atoms with Crippen LogP contribution < -0.4 is 5.32 Å². The predicted octanol–water partition coefficient (Wildman–Crippen LogP) is 4.77. The zero-order chi connectivity index (χ0) is 19.0. The summed E-state index contributed by atoms with van der Waals surface area (Å²) in [7, 11) is 0. The highest BCUT2D eigenvalue weighted by Gasteiger charge is 2.22. The van der Waals surface area contributed by atoms with Crippen LogP contribution in [-0.4, -0.2) is 19.5 Å². The fraction of sp³-hybridized carbons (Fsp3) is 0.143. The van der Waals surface area contributed by atoms with Crippen molar-refractivity contribution in [2.45, 2.75) is 20.1 Å². The van der Waals surface area contributed by atoms with E-state index in [4.69, 9.17) is 16.6 Å². The molecule has 0 spiro atoms. The van der Waals surface area contributed by atoms with Crippen molar-refractivity contribution in [2.24, 2.45) is 0 Å². The summed E-state index contributed by atoms with van der Waals surface area (Å²) < 4.78 is 1.87. The summed E-state index contributed by atoms with van der Waals surface area (Å²) in [5, 5.41) is 14.6. The number of pyridine rings is 2. The lowest BCUT2D eigenvalue weighted by molar-refractivity contribution is 0.202. The van der Waals surface area contributed by atoms with Crippen LogP contribution >= 0.6 is 11.6 Å². The normalized spacial score (nSPS) is 12.3. The zero-order valence-electron chi connectivity index (χ0n) is 15.0. The number of aryl methyl sites for hydroxylation is 2. The minimum absolute atomic E-state index is 0.583. The summed E-state index contributed by atoms with van der Waals surface area (Å²) in [6.45, 7) is 3.99. The van der Waals surface area contributed by atoms with E-state index in [2.05, 4.69) is 10.3 Å². The minimum atomic E-state index is -1.01. The average Bonchev–Trinajstić information content (AvgIpc) is 3.00. The van der Waals surface area contributed by atoms with Gasteiger partial charge in [-0.1, -0.05) is 29.8 Å². The molecule has 0 aliphatic carbocycles. The minimum Gasteiger partial charge on any atom is -0.368 e. The number of benzene rings is 1. The van der Waals surface area contributed by atoms with Gasteiger partial charge < -0.3 is 10.4 Å². The molecule has 27 heavy (non-hydrogen) atoms. The standard InChI is InChI=1S/C21H19ClN4O/c1-13-7-9-23-17(11-13)24-21(27)20-19(15-5-3-4-6-16(15)22)25-18-12-14(2)8-10-26(18)20/h3-12,21,27H,1-2H3,(H,23,24). The number of fused-ring (bicyclic) bond motifs is 1. The molecule has 0 aliphatic rings. The van der Waals surface area contributed by atoms with E-state index in [-0.39, 0.29) is 0 Å². The van der Waals surface area contributed by atoms with Crippen molar-refractivity contribution in [1.82, 2.24) is 14.4 Å². The fourth-order valence-electron chi connectivity index (χ4n) is 3.10. The van der Waals surface area contributed by atoms with E-state index < -0.39 is 6.23 Å². The molecule has 0 amide bonds. The second kappa shape index (κ2) is 7.02. The number of aliphatic hydroxyl groups excluding tert-OH is 1. The smallest absolute Gasteiger partial charge is 0.169 e. The van der Waals surface area contributed by atoms with Gasteiger partial charge in [0.25, 0.3) is 0 Å². The molecule has 0 aliphatic heterocycles. The number of aliphatic hydroxyl groups is 1. The molecule has 0 saturated heterocycles. The van der Waals surface area contributed by atoms with Crippen molar-refractivity contribution in [2.75, 3.05) is 5.32 Å². The molecule has 2 N–H and O–H groups in total. The molecule has 1 unspecified atom stereocenters. The van der Waals surface area contributed by atoms with Crippen molar-refractivity contribution in [3.8, 4) is 11.3 Å². The maximum atomic E-state index is 11.0. The molecule has 0 radical (unpaired) electrons. The van der Waals surface area contributed by atoms with Crippen molar-refractivity contribution < 1.29 is 5.11 Å². The van der Waals surface area contributed by atoms with E-state index in [1.165, 1.54) is 0 Å². The molecule has 1 aromatic carbocycles. The van der Waals surface area contributed by atoms with Crippen LogP contribution in [0.3, 0.4) is 0 Å². The van der Waals surface area contributed by atoms with Gasteiger partial charge in [0.05, 0.1) is 16.4 Å². The Hall–Kier alpha value is -2.89. The van der Waals surface area contributed by atoms with E-state index in [9.17, 15) is 5.11 Å². The monoisotopic (exact) mass is 378 g/mol. The first-order valence-corrected chi connectivity index (χ1v) is 9.01. The van der Waals surface area contributed by atoms with E-state index in [1.807, 2.05) is 73.0 Å². The number of nitrogens with zero attached hydrogens (tertiary/aromatic N) is 3. The van der Waals surface area contributed by atoms with Crippen LogP contribution in [0.1, 0.15) is 23.0 Å². The SMILES string of the molecule is Cc1ccnc(NC(O)c2c(-c3ccccc3Cl)nc3cc(C)ccn23)c1. The molecule has 1 atom stereocenters. The molecule has 4 rings (SSSR count). The maximum Gasteiger partial charge on any atom is 0.169 e. The highest BCUT2D eigenvalue weighted by Crippen LogP contribution is 2.34. The molecule has 136 valence electrons. The third-order valence-electron chi connectivity index (χ3n) is 4.41.